The minimum Gasteiger partial charge on any atom is -0.199 e. The quantitative estimate of drug-likeness (QED) is 0.476. The molecular formula is C7H17N. The molecule has 0 fully saturated rings. The maximum atomic E-state index is 7.32. The van der Waals surface area contributed by atoms with E-state index in [4.69, 9.17) is 5.26 Å². The Balaban J connectivity index is -0.0000000483. The number of rotatable bonds is 0. The lowest BCUT2D eigenvalue weighted by atomic mass is 10.6. The zero-order chi connectivity index (χ0) is 7.41. The molecule has 0 aromatic rings. The van der Waals surface area contributed by atoms with E-state index in [1.807, 2.05) is 13.8 Å². The molecule has 1 heteroatoms. The minimum atomic E-state index is 1.25. The Kier molecular flexibility index (Phi) is 172. The molecule has 0 bridgehead atoms. The highest BCUT2D eigenvalue weighted by atomic mass is 14.2. The highest BCUT2D eigenvalue weighted by molar-refractivity contribution is 4.51. The molecule has 0 radical (unpaired) electrons. The highest BCUT2D eigenvalue weighted by Crippen LogP contribution is 1.56. The summed E-state index contributed by atoms with van der Waals surface area (Å²) >= 11 is 0. The van der Waals surface area contributed by atoms with Crippen LogP contribution < -0.4 is 0 Å². The lowest BCUT2D eigenvalue weighted by Crippen LogP contribution is -1.27. The molecule has 0 saturated carbocycles. The SMILES string of the molecule is CC.CC#N.CCC. The molecule has 0 unspecified atom stereocenters. The fourth-order valence-corrected chi connectivity index (χ4v) is 0. The van der Waals surface area contributed by atoms with E-state index in [1.165, 1.54) is 13.3 Å². The van der Waals surface area contributed by atoms with Crippen LogP contribution >= 0.6 is 0 Å². The van der Waals surface area contributed by atoms with Crippen molar-refractivity contribution < 1.29 is 0 Å². The summed E-state index contributed by atoms with van der Waals surface area (Å²) in [5.41, 5.74) is 0. The van der Waals surface area contributed by atoms with Gasteiger partial charge in [0.05, 0.1) is 6.07 Å². The zero-order valence-corrected chi connectivity index (χ0v) is 6.65. The summed E-state index contributed by atoms with van der Waals surface area (Å²) in [6, 6.07) is 1.75. The number of nitrogens with zero attached hydrogens (tertiary/aromatic N) is 1. The predicted octanol–water partition coefficient (Wildman–Crippen LogP) is 2.97. The molecule has 0 atom stereocenters. The monoisotopic (exact) mass is 115 g/mol. The molecule has 0 aromatic heterocycles. The zero-order valence-electron chi connectivity index (χ0n) is 6.65. The van der Waals surface area contributed by atoms with Crippen molar-refractivity contribution in [2.45, 2.75) is 41.0 Å². The van der Waals surface area contributed by atoms with Crippen molar-refractivity contribution in [2.75, 3.05) is 0 Å². The molecule has 50 valence electrons. The molecule has 0 N–H and O–H groups in total. The van der Waals surface area contributed by atoms with E-state index in [1.54, 1.807) is 6.07 Å². The van der Waals surface area contributed by atoms with Crippen LogP contribution in [0.2, 0.25) is 0 Å². The maximum absolute atomic E-state index is 7.32. The Morgan fingerprint density at radius 3 is 1.25 bits per heavy atom. The lowest BCUT2D eigenvalue weighted by molar-refractivity contribution is 1.09. The summed E-state index contributed by atoms with van der Waals surface area (Å²) in [5.74, 6) is 0. The lowest BCUT2D eigenvalue weighted by Gasteiger charge is -1.48. The van der Waals surface area contributed by atoms with E-state index >= 15 is 0 Å². The van der Waals surface area contributed by atoms with Gasteiger partial charge in [-0.3, -0.25) is 0 Å². The Morgan fingerprint density at radius 2 is 1.25 bits per heavy atom. The van der Waals surface area contributed by atoms with Gasteiger partial charge in [0, 0.05) is 6.92 Å². The van der Waals surface area contributed by atoms with Gasteiger partial charge in [-0.25, -0.2) is 0 Å². The second-order valence-electron chi connectivity index (χ2n) is 0.931. The fraction of sp³-hybridized carbons (Fsp3) is 0.857. The number of hydrogen-bond acceptors (Lipinski definition) is 1. The average molecular weight is 115 g/mol. The van der Waals surface area contributed by atoms with Gasteiger partial charge in [-0.15, -0.1) is 0 Å². The van der Waals surface area contributed by atoms with Crippen LogP contribution in [-0.2, 0) is 0 Å². The molecule has 0 aliphatic heterocycles. The van der Waals surface area contributed by atoms with Crippen molar-refractivity contribution in [3.63, 3.8) is 0 Å². The topological polar surface area (TPSA) is 23.8 Å². The van der Waals surface area contributed by atoms with Crippen molar-refractivity contribution in [3.8, 4) is 6.07 Å². The first-order valence-electron chi connectivity index (χ1n) is 3.14. The Hall–Kier alpha value is -0.510. The minimum absolute atomic E-state index is 1.25. The van der Waals surface area contributed by atoms with Crippen molar-refractivity contribution >= 4 is 0 Å². The first-order chi connectivity index (χ1) is 3.83. The van der Waals surface area contributed by atoms with Crippen LogP contribution in [0.3, 0.4) is 0 Å². The summed E-state index contributed by atoms with van der Waals surface area (Å²) in [5, 5.41) is 7.32. The molecule has 0 aromatic carbocycles. The van der Waals surface area contributed by atoms with E-state index in [0.717, 1.165) is 0 Å². The van der Waals surface area contributed by atoms with Gasteiger partial charge in [-0.2, -0.15) is 5.26 Å². The largest absolute Gasteiger partial charge is 0.199 e. The van der Waals surface area contributed by atoms with Gasteiger partial charge in [0.25, 0.3) is 0 Å². The molecule has 0 aliphatic rings. The van der Waals surface area contributed by atoms with E-state index in [0.29, 0.717) is 0 Å². The van der Waals surface area contributed by atoms with Gasteiger partial charge in [0.2, 0.25) is 0 Å². The maximum Gasteiger partial charge on any atom is 0.0587 e. The van der Waals surface area contributed by atoms with Crippen molar-refractivity contribution in [2.24, 2.45) is 0 Å². The van der Waals surface area contributed by atoms with E-state index in [9.17, 15) is 0 Å². The van der Waals surface area contributed by atoms with Gasteiger partial charge in [-0.1, -0.05) is 34.1 Å². The Bertz CT molecular complexity index is 34.1. The molecule has 0 heterocycles. The highest BCUT2D eigenvalue weighted by Gasteiger charge is 1.35. The van der Waals surface area contributed by atoms with Crippen LogP contribution in [0, 0.1) is 11.3 Å². The fourth-order valence-electron chi connectivity index (χ4n) is 0. The summed E-state index contributed by atoms with van der Waals surface area (Å²) in [4.78, 5) is 0. The molecule has 8 heavy (non-hydrogen) atoms. The van der Waals surface area contributed by atoms with Crippen LogP contribution in [0.25, 0.3) is 0 Å². The van der Waals surface area contributed by atoms with Gasteiger partial charge >= 0.3 is 0 Å². The van der Waals surface area contributed by atoms with Gasteiger partial charge < -0.3 is 0 Å². The molecule has 1 nitrogen and oxygen atoms in total. The predicted molar refractivity (Wildman–Crippen MR) is 38.6 cm³/mol. The van der Waals surface area contributed by atoms with Crippen molar-refractivity contribution in [1.29, 1.82) is 5.26 Å². The van der Waals surface area contributed by atoms with Crippen LogP contribution in [0.1, 0.15) is 41.0 Å². The second-order valence-corrected chi connectivity index (χ2v) is 0.931. The third-order valence-corrected chi connectivity index (χ3v) is 0. The summed E-state index contributed by atoms with van der Waals surface area (Å²) in [6.07, 6.45) is 1.25. The number of hydrogen-bond donors (Lipinski definition) is 0. The van der Waals surface area contributed by atoms with Crippen LogP contribution in [0.15, 0.2) is 0 Å². The Morgan fingerprint density at radius 1 is 1.25 bits per heavy atom. The molecule has 0 spiro atoms. The third-order valence-electron chi connectivity index (χ3n) is 0. The standard InChI is InChI=1S/C3H8.C2H3N.C2H6/c1-3-2;1-2-3;1-2/h3H2,1-2H3;1H3;1-2H3. The molecule has 0 rings (SSSR count). The summed E-state index contributed by atoms with van der Waals surface area (Å²) in [7, 11) is 0. The van der Waals surface area contributed by atoms with Gasteiger partial charge in [0.1, 0.15) is 0 Å². The first kappa shape index (κ1) is 15.6. The molecule has 0 saturated heterocycles. The summed E-state index contributed by atoms with van der Waals surface area (Å²) in [6.45, 7) is 9.68. The normalized spacial score (nSPS) is 4.00. The van der Waals surface area contributed by atoms with Crippen LogP contribution in [0.5, 0.6) is 0 Å². The first-order valence-corrected chi connectivity index (χ1v) is 3.14. The smallest absolute Gasteiger partial charge is 0.0587 e. The second kappa shape index (κ2) is 88.1. The summed E-state index contributed by atoms with van der Waals surface area (Å²) < 4.78 is 0. The molecule has 0 amide bonds. The third kappa shape index (κ3) is 426. The van der Waals surface area contributed by atoms with E-state index in [2.05, 4.69) is 13.8 Å². The van der Waals surface area contributed by atoms with Gasteiger partial charge in [0.15, 0.2) is 0 Å². The van der Waals surface area contributed by atoms with Crippen molar-refractivity contribution in [3.05, 3.63) is 0 Å². The average Bonchev–Trinajstić information content (AvgIpc) is 1.75. The van der Waals surface area contributed by atoms with Crippen molar-refractivity contribution in [1.82, 2.24) is 0 Å². The molecule has 0 aliphatic carbocycles. The van der Waals surface area contributed by atoms with Crippen LogP contribution in [-0.4, -0.2) is 0 Å². The van der Waals surface area contributed by atoms with Gasteiger partial charge in [-0.05, 0) is 0 Å². The molecular weight excluding hydrogens is 98.1 g/mol. The Labute approximate surface area is 53.3 Å². The van der Waals surface area contributed by atoms with E-state index < -0.39 is 0 Å². The van der Waals surface area contributed by atoms with E-state index in [-0.39, 0.29) is 0 Å². The number of nitriles is 1. The van der Waals surface area contributed by atoms with Crippen LogP contribution in [0.4, 0.5) is 0 Å².